The van der Waals surface area contributed by atoms with Crippen LogP contribution in [0.2, 0.25) is 0 Å². The van der Waals surface area contributed by atoms with Gasteiger partial charge in [0.2, 0.25) is 5.89 Å². The SMILES string of the molecule is CCc1nc(CNC2CCN(c3cccc(-c4ccnc(C)n4)c3)CC2)no1. The quantitative estimate of drug-likeness (QED) is 0.706. The van der Waals surface area contributed by atoms with Crippen molar-refractivity contribution >= 4 is 5.69 Å². The van der Waals surface area contributed by atoms with Crippen LogP contribution >= 0.6 is 0 Å². The number of nitrogens with zero attached hydrogens (tertiary/aromatic N) is 5. The summed E-state index contributed by atoms with van der Waals surface area (Å²) in [6.07, 6.45) is 4.78. The fourth-order valence-corrected chi connectivity index (χ4v) is 3.56. The zero-order valence-corrected chi connectivity index (χ0v) is 16.4. The van der Waals surface area contributed by atoms with E-state index in [1.165, 1.54) is 5.69 Å². The van der Waals surface area contributed by atoms with Gasteiger partial charge in [-0.1, -0.05) is 24.2 Å². The van der Waals surface area contributed by atoms with Gasteiger partial charge in [-0.2, -0.15) is 4.98 Å². The van der Waals surface area contributed by atoms with E-state index in [1.54, 1.807) is 0 Å². The highest BCUT2D eigenvalue weighted by atomic mass is 16.5. The van der Waals surface area contributed by atoms with Crippen molar-refractivity contribution in [1.82, 2.24) is 25.4 Å². The summed E-state index contributed by atoms with van der Waals surface area (Å²) in [4.78, 5) is 15.5. The summed E-state index contributed by atoms with van der Waals surface area (Å²) >= 11 is 0. The second kappa shape index (κ2) is 8.48. The van der Waals surface area contributed by atoms with Gasteiger partial charge in [0, 0.05) is 43.0 Å². The molecule has 0 radical (unpaired) electrons. The number of nitrogens with one attached hydrogen (secondary N) is 1. The van der Waals surface area contributed by atoms with Crippen LogP contribution in [0.15, 0.2) is 41.1 Å². The molecule has 3 heterocycles. The van der Waals surface area contributed by atoms with Crippen LogP contribution in [-0.2, 0) is 13.0 Å². The minimum absolute atomic E-state index is 0.479. The third-order valence-electron chi connectivity index (χ3n) is 5.14. The molecule has 3 aromatic rings. The number of piperidine rings is 1. The van der Waals surface area contributed by atoms with Crippen LogP contribution < -0.4 is 10.2 Å². The summed E-state index contributed by atoms with van der Waals surface area (Å²) in [5, 5.41) is 7.57. The van der Waals surface area contributed by atoms with E-state index in [-0.39, 0.29) is 0 Å². The van der Waals surface area contributed by atoms with Crippen molar-refractivity contribution in [3.8, 4) is 11.3 Å². The lowest BCUT2D eigenvalue weighted by Gasteiger charge is -2.34. The second-order valence-electron chi connectivity index (χ2n) is 7.14. The molecule has 4 rings (SSSR count). The van der Waals surface area contributed by atoms with Crippen LogP contribution in [0.4, 0.5) is 5.69 Å². The first-order valence-electron chi connectivity index (χ1n) is 9.91. The molecule has 0 aliphatic carbocycles. The smallest absolute Gasteiger partial charge is 0.226 e. The van der Waals surface area contributed by atoms with Crippen LogP contribution in [0.25, 0.3) is 11.3 Å². The monoisotopic (exact) mass is 378 g/mol. The molecule has 2 aromatic heterocycles. The van der Waals surface area contributed by atoms with Crippen molar-refractivity contribution in [3.05, 3.63) is 54.1 Å². The fraction of sp³-hybridized carbons (Fsp3) is 0.429. The average Bonchev–Trinajstić information content (AvgIpc) is 3.21. The molecule has 1 aromatic carbocycles. The van der Waals surface area contributed by atoms with Gasteiger partial charge >= 0.3 is 0 Å². The summed E-state index contributed by atoms with van der Waals surface area (Å²) in [7, 11) is 0. The molecule has 1 aliphatic rings. The molecule has 1 saturated heterocycles. The second-order valence-corrected chi connectivity index (χ2v) is 7.14. The zero-order valence-electron chi connectivity index (χ0n) is 16.4. The van der Waals surface area contributed by atoms with E-state index in [0.29, 0.717) is 18.5 Å². The van der Waals surface area contributed by atoms with Crippen molar-refractivity contribution in [2.45, 2.75) is 45.7 Å². The number of hydrogen-bond donors (Lipinski definition) is 1. The van der Waals surface area contributed by atoms with Crippen LogP contribution in [0.5, 0.6) is 0 Å². The minimum Gasteiger partial charge on any atom is -0.371 e. The molecule has 0 unspecified atom stereocenters. The molecule has 146 valence electrons. The molecule has 1 fully saturated rings. The van der Waals surface area contributed by atoms with E-state index in [9.17, 15) is 0 Å². The van der Waals surface area contributed by atoms with Gasteiger partial charge in [-0.3, -0.25) is 0 Å². The van der Waals surface area contributed by atoms with Crippen LogP contribution in [0, 0.1) is 6.92 Å². The van der Waals surface area contributed by atoms with Gasteiger partial charge in [-0.15, -0.1) is 0 Å². The van der Waals surface area contributed by atoms with Crippen LogP contribution in [-0.4, -0.2) is 39.2 Å². The number of benzene rings is 1. The largest absolute Gasteiger partial charge is 0.371 e. The summed E-state index contributed by atoms with van der Waals surface area (Å²) in [5.41, 5.74) is 3.35. The van der Waals surface area contributed by atoms with Crippen molar-refractivity contribution in [1.29, 1.82) is 0 Å². The predicted molar refractivity (Wildman–Crippen MR) is 108 cm³/mol. The summed E-state index contributed by atoms with van der Waals surface area (Å²) in [6.45, 7) is 6.65. The summed E-state index contributed by atoms with van der Waals surface area (Å²) in [5.74, 6) is 2.24. The third kappa shape index (κ3) is 4.36. The van der Waals surface area contributed by atoms with E-state index in [0.717, 1.165) is 55.3 Å². The molecule has 0 bridgehead atoms. The molecular formula is C21H26N6O. The molecule has 1 aliphatic heterocycles. The molecular weight excluding hydrogens is 352 g/mol. The van der Waals surface area contributed by atoms with Crippen molar-refractivity contribution < 1.29 is 4.52 Å². The van der Waals surface area contributed by atoms with Crippen LogP contribution in [0.1, 0.15) is 37.3 Å². The molecule has 0 atom stereocenters. The maximum absolute atomic E-state index is 5.17. The fourth-order valence-electron chi connectivity index (χ4n) is 3.56. The predicted octanol–water partition coefficient (Wildman–Crippen LogP) is 3.16. The van der Waals surface area contributed by atoms with Crippen molar-refractivity contribution in [2.75, 3.05) is 18.0 Å². The van der Waals surface area contributed by atoms with E-state index in [2.05, 4.69) is 54.6 Å². The Bertz CT molecular complexity index is 917. The molecule has 0 saturated carbocycles. The Hall–Kier alpha value is -2.80. The van der Waals surface area contributed by atoms with Gasteiger partial charge < -0.3 is 14.7 Å². The van der Waals surface area contributed by atoms with Gasteiger partial charge in [-0.25, -0.2) is 9.97 Å². The van der Waals surface area contributed by atoms with Crippen molar-refractivity contribution in [2.24, 2.45) is 0 Å². The average molecular weight is 378 g/mol. The molecule has 1 N–H and O–H groups in total. The maximum Gasteiger partial charge on any atom is 0.226 e. The number of rotatable bonds is 6. The van der Waals surface area contributed by atoms with Gasteiger partial charge in [0.25, 0.3) is 0 Å². The zero-order chi connectivity index (χ0) is 19.3. The first-order valence-corrected chi connectivity index (χ1v) is 9.91. The van der Waals surface area contributed by atoms with Gasteiger partial charge in [-0.05, 0) is 38.0 Å². The Morgan fingerprint density at radius 1 is 1.18 bits per heavy atom. The third-order valence-corrected chi connectivity index (χ3v) is 5.14. The number of aromatic nitrogens is 4. The lowest BCUT2D eigenvalue weighted by molar-refractivity contribution is 0.367. The first-order chi connectivity index (χ1) is 13.7. The Morgan fingerprint density at radius 2 is 2.04 bits per heavy atom. The summed E-state index contributed by atoms with van der Waals surface area (Å²) < 4.78 is 5.17. The number of anilines is 1. The molecule has 7 nitrogen and oxygen atoms in total. The van der Waals surface area contributed by atoms with E-state index in [4.69, 9.17) is 4.52 Å². The van der Waals surface area contributed by atoms with Crippen molar-refractivity contribution in [3.63, 3.8) is 0 Å². The minimum atomic E-state index is 0.479. The Morgan fingerprint density at radius 3 is 2.79 bits per heavy atom. The topological polar surface area (TPSA) is 80.0 Å². The van der Waals surface area contributed by atoms with E-state index < -0.39 is 0 Å². The lowest BCUT2D eigenvalue weighted by atomic mass is 10.0. The highest BCUT2D eigenvalue weighted by molar-refractivity contribution is 5.65. The standard InChI is InChI=1S/C21H26N6O/c1-3-21-25-20(26-28-21)14-23-17-8-11-27(12-9-17)18-6-4-5-16(13-18)19-7-10-22-15(2)24-19/h4-7,10,13,17,23H,3,8-9,11-12,14H2,1-2H3. The highest BCUT2D eigenvalue weighted by Gasteiger charge is 2.20. The summed E-state index contributed by atoms with van der Waals surface area (Å²) in [6, 6.07) is 11.1. The normalized spacial score (nSPS) is 15.1. The number of hydrogen-bond acceptors (Lipinski definition) is 7. The highest BCUT2D eigenvalue weighted by Crippen LogP contribution is 2.25. The Labute approximate surface area is 165 Å². The van der Waals surface area contributed by atoms with Gasteiger partial charge in [0.1, 0.15) is 5.82 Å². The Kier molecular flexibility index (Phi) is 5.62. The van der Waals surface area contributed by atoms with E-state index in [1.807, 2.05) is 26.1 Å². The molecule has 0 amide bonds. The lowest BCUT2D eigenvalue weighted by Crippen LogP contribution is -2.42. The Balaban J connectivity index is 1.34. The van der Waals surface area contributed by atoms with Gasteiger partial charge in [0.15, 0.2) is 5.82 Å². The first kappa shape index (κ1) is 18.6. The van der Waals surface area contributed by atoms with E-state index >= 15 is 0 Å². The molecule has 7 heteroatoms. The number of aryl methyl sites for hydroxylation is 2. The van der Waals surface area contributed by atoms with Crippen LogP contribution in [0.3, 0.4) is 0 Å². The molecule has 0 spiro atoms. The van der Waals surface area contributed by atoms with Gasteiger partial charge in [0.05, 0.1) is 12.2 Å². The molecule has 28 heavy (non-hydrogen) atoms. The maximum atomic E-state index is 5.17.